The largest absolute Gasteiger partial charge is 0.395 e. The fraction of sp³-hybridized carbons (Fsp3) is 1.00. The monoisotopic (exact) mass is 171 g/mol. The zero-order valence-corrected chi connectivity index (χ0v) is 8.45. The van der Waals surface area contributed by atoms with E-state index in [0.717, 1.165) is 18.4 Å². The quantitative estimate of drug-likeness (QED) is 0.693. The maximum atomic E-state index is 8.83. The highest BCUT2D eigenvalue weighted by Gasteiger charge is 2.31. The average Bonchev–Trinajstić information content (AvgIpc) is 2.34. The van der Waals surface area contributed by atoms with Crippen molar-refractivity contribution in [2.75, 3.05) is 19.7 Å². The highest BCUT2D eigenvalue weighted by Crippen LogP contribution is 2.29. The van der Waals surface area contributed by atoms with Gasteiger partial charge in [0, 0.05) is 12.6 Å². The van der Waals surface area contributed by atoms with Crippen LogP contribution in [0.3, 0.4) is 0 Å². The number of rotatable bonds is 3. The van der Waals surface area contributed by atoms with Gasteiger partial charge in [0.05, 0.1) is 6.61 Å². The summed E-state index contributed by atoms with van der Waals surface area (Å²) in [5.41, 5.74) is 0. The van der Waals surface area contributed by atoms with E-state index >= 15 is 0 Å². The molecule has 72 valence electrons. The van der Waals surface area contributed by atoms with Crippen LogP contribution in [-0.4, -0.2) is 35.7 Å². The molecule has 0 spiro atoms. The van der Waals surface area contributed by atoms with Crippen LogP contribution < -0.4 is 0 Å². The van der Waals surface area contributed by atoms with E-state index in [-0.39, 0.29) is 0 Å². The molecule has 1 fully saturated rings. The van der Waals surface area contributed by atoms with Crippen LogP contribution in [0.5, 0.6) is 0 Å². The number of nitrogens with zero attached hydrogens (tertiary/aromatic N) is 1. The molecule has 1 N–H and O–H groups in total. The van der Waals surface area contributed by atoms with E-state index in [1.807, 2.05) is 0 Å². The first-order valence-corrected chi connectivity index (χ1v) is 5.01. The molecule has 0 saturated carbocycles. The van der Waals surface area contributed by atoms with E-state index in [9.17, 15) is 0 Å². The van der Waals surface area contributed by atoms with Crippen molar-refractivity contribution in [3.63, 3.8) is 0 Å². The molecular weight excluding hydrogens is 150 g/mol. The van der Waals surface area contributed by atoms with Gasteiger partial charge in [0.2, 0.25) is 0 Å². The van der Waals surface area contributed by atoms with E-state index in [4.69, 9.17) is 5.11 Å². The zero-order chi connectivity index (χ0) is 9.14. The van der Waals surface area contributed by atoms with E-state index in [0.29, 0.717) is 12.6 Å². The van der Waals surface area contributed by atoms with Gasteiger partial charge in [-0.2, -0.15) is 0 Å². The molecule has 0 aliphatic carbocycles. The van der Waals surface area contributed by atoms with E-state index in [1.165, 1.54) is 13.0 Å². The summed E-state index contributed by atoms with van der Waals surface area (Å²) in [4.78, 5) is 2.39. The summed E-state index contributed by atoms with van der Waals surface area (Å²) in [6.45, 7) is 9.20. The summed E-state index contributed by atoms with van der Waals surface area (Å²) >= 11 is 0. The van der Waals surface area contributed by atoms with Gasteiger partial charge in [-0.05, 0) is 31.7 Å². The lowest BCUT2D eigenvalue weighted by Crippen LogP contribution is -2.33. The van der Waals surface area contributed by atoms with Crippen molar-refractivity contribution in [3.8, 4) is 0 Å². The second-order valence-corrected chi connectivity index (χ2v) is 4.20. The zero-order valence-electron chi connectivity index (χ0n) is 8.45. The van der Waals surface area contributed by atoms with Gasteiger partial charge in [-0.15, -0.1) is 0 Å². The molecule has 1 aliphatic rings. The first-order valence-electron chi connectivity index (χ1n) is 5.01. The van der Waals surface area contributed by atoms with Gasteiger partial charge in [-0.25, -0.2) is 0 Å². The van der Waals surface area contributed by atoms with Crippen LogP contribution in [0.1, 0.15) is 27.2 Å². The number of hydrogen-bond donors (Lipinski definition) is 1. The summed E-state index contributed by atoms with van der Waals surface area (Å²) < 4.78 is 0. The fourth-order valence-corrected chi connectivity index (χ4v) is 2.36. The smallest absolute Gasteiger partial charge is 0.0558 e. The van der Waals surface area contributed by atoms with Gasteiger partial charge in [-0.3, -0.25) is 4.90 Å². The first-order chi connectivity index (χ1) is 5.66. The normalized spacial score (nSPS) is 31.8. The van der Waals surface area contributed by atoms with Crippen LogP contribution >= 0.6 is 0 Å². The Hall–Kier alpha value is -0.0800. The molecule has 2 heteroatoms. The van der Waals surface area contributed by atoms with Crippen molar-refractivity contribution in [2.24, 2.45) is 11.8 Å². The Kier molecular flexibility index (Phi) is 3.53. The van der Waals surface area contributed by atoms with Crippen molar-refractivity contribution in [2.45, 2.75) is 33.2 Å². The Morgan fingerprint density at radius 2 is 2.17 bits per heavy atom. The predicted molar refractivity (Wildman–Crippen MR) is 51.1 cm³/mol. The Balaban J connectivity index is 2.43. The molecular formula is C10H21NO. The predicted octanol–water partition coefficient (Wildman–Crippen LogP) is 1.35. The van der Waals surface area contributed by atoms with Gasteiger partial charge in [0.25, 0.3) is 0 Å². The van der Waals surface area contributed by atoms with Crippen LogP contribution in [0, 0.1) is 11.8 Å². The molecule has 0 aromatic rings. The minimum atomic E-state index is 0.301. The highest BCUT2D eigenvalue weighted by molar-refractivity contribution is 4.85. The van der Waals surface area contributed by atoms with Gasteiger partial charge in [-0.1, -0.05) is 13.8 Å². The van der Waals surface area contributed by atoms with Crippen LogP contribution in [-0.2, 0) is 0 Å². The van der Waals surface area contributed by atoms with Crippen molar-refractivity contribution in [3.05, 3.63) is 0 Å². The third-order valence-electron chi connectivity index (χ3n) is 3.19. The Morgan fingerprint density at radius 3 is 2.58 bits per heavy atom. The molecule has 12 heavy (non-hydrogen) atoms. The van der Waals surface area contributed by atoms with Gasteiger partial charge in [0.15, 0.2) is 0 Å². The van der Waals surface area contributed by atoms with Crippen LogP contribution in [0.4, 0.5) is 0 Å². The van der Waals surface area contributed by atoms with Gasteiger partial charge in [0.1, 0.15) is 0 Å². The van der Waals surface area contributed by atoms with Crippen molar-refractivity contribution < 1.29 is 5.11 Å². The number of aliphatic hydroxyl groups excluding tert-OH is 1. The summed E-state index contributed by atoms with van der Waals surface area (Å²) in [7, 11) is 0. The van der Waals surface area contributed by atoms with E-state index in [2.05, 4.69) is 25.7 Å². The lowest BCUT2D eigenvalue weighted by Gasteiger charge is -2.25. The lowest BCUT2D eigenvalue weighted by atomic mass is 9.90. The minimum Gasteiger partial charge on any atom is -0.395 e. The molecule has 0 aromatic carbocycles. The Morgan fingerprint density at radius 1 is 1.50 bits per heavy atom. The van der Waals surface area contributed by atoms with Crippen molar-refractivity contribution in [1.82, 2.24) is 4.90 Å². The molecule has 0 aromatic heterocycles. The molecule has 1 saturated heterocycles. The molecule has 2 atom stereocenters. The van der Waals surface area contributed by atoms with Gasteiger partial charge < -0.3 is 5.11 Å². The molecule has 1 aliphatic heterocycles. The molecule has 2 nitrogen and oxygen atoms in total. The minimum absolute atomic E-state index is 0.301. The van der Waals surface area contributed by atoms with Crippen LogP contribution in [0.2, 0.25) is 0 Å². The second kappa shape index (κ2) is 4.24. The summed E-state index contributed by atoms with van der Waals surface area (Å²) in [5.74, 6) is 1.61. The lowest BCUT2D eigenvalue weighted by molar-refractivity contribution is 0.170. The maximum absolute atomic E-state index is 8.83. The van der Waals surface area contributed by atoms with E-state index < -0.39 is 0 Å². The highest BCUT2D eigenvalue weighted by atomic mass is 16.3. The number of hydrogen-bond acceptors (Lipinski definition) is 2. The van der Waals surface area contributed by atoms with Gasteiger partial charge >= 0.3 is 0 Å². The fourth-order valence-electron chi connectivity index (χ4n) is 2.36. The third kappa shape index (κ3) is 1.99. The first kappa shape index (κ1) is 10.0. The third-order valence-corrected chi connectivity index (χ3v) is 3.19. The summed E-state index contributed by atoms with van der Waals surface area (Å²) in [6, 6.07) is 0.664. The summed E-state index contributed by atoms with van der Waals surface area (Å²) in [5, 5.41) is 8.83. The molecule has 0 amide bonds. The maximum Gasteiger partial charge on any atom is 0.0558 e. The molecule has 0 radical (unpaired) electrons. The number of aliphatic hydroxyl groups is 1. The molecule has 0 unspecified atom stereocenters. The second-order valence-electron chi connectivity index (χ2n) is 4.20. The Bertz CT molecular complexity index is 136. The summed E-state index contributed by atoms with van der Waals surface area (Å²) in [6.07, 6.45) is 1.30. The molecule has 1 rings (SSSR count). The molecule has 1 heterocycles. The standard InChI is InChI=1S/C10H21NO/c1-8(2)10-4-5-11(6-7-12)9(10)3/h8-10,12H,4-7H2,1-3H3/t9-,10+/m1/s1. The van der Waals surface area contributed by atoms with Crippen molar-refractivity contribution in [1.29, 1.82) is 0 Å². The average molecular weight is 171 g/mol. The number of likely N-dealkylation sites (tertiary alicyclic amines) is 1. The van der Waals surface area contributed by atoms with Crippen LogP contribution in [0.25, 0.3) is 0 Å². The molecule has 0 bridgehead atoms. The topological polar surface area (TPSA) is 23.5 Å². The van der Waals surface area contributed by atoms with E-state index in [1.54, 1.807) is 0 Å². The number of β-amino-alcohol motifs (C(OH)–C–C–N with tert-alkyl or cyclic N) is 1. The SMILES string of the molecule is CC(C)[C@@H]1CCN(CCO)[C@@H]1C. The van der Waals surface area contributed by atoms with Crippen molar-refractivity contribution >= 4 is 0 Å². The Labute approximate surface area is 75.6 Å². The van der Waals surface area contributed by atoms with Crippen LogP contribution in [0.15, 0.2) is 0 Å².